The number of rotatable bonds is 0. The molecule has 0 aliphatic rings. The van der Waals surface area contributed by atoms with Crippen LogP contribution in [0.1, 0.15) is 8.22 Å². The van der Waals surface area contributed by atoms with Gasteiger partial charge < -0.3 is 4.57 Å². The van der Waals surface area contributed by atoms with Crippen LogP contribution in [0.4, 0.5) is 0 Å². The van der Waals surface area contributed by atoms with Crippen LogP contribution in [0.2, 0.25) is 0 Å². The normalized spacial score (nSPS) is 23.6. The first-order valence-corrected chi connectivity index (χ1v) is 2.40. The van der Waals surface area contributed by atoms with Crippen LogP contribution >= 0.6 is 15.9 Å². The monoisotopic (exact) mass is 165 g/mol. The van der Waals surface area contributed by atoms with Crippen molar-refractivity contribution in [1.82, 2.24) is 4.57 Å². The molecule has 0 atom stereocenters. The van der Waals surface area contributed by atoms with Crippen molar-refractivity contribution in [1.29, 1.82) is 0 Å². The van der Waals surface area contributed by atoms with Gasteiger partial charge in [-0.05, 0) is 22.0 Å². The molecular weight excluding hydrogens is 154 g/mol. The van der Waals surface area contributed by atoms with E-state index in [2.05, 4.69) is 15.9 Å². The minimum absolute atomic E-state index is 0.0358. The minimum atomic E-state index is -2.57. The Balaban J connectivity index is 3.47. The predicted molar refractivity (Wildman–Crippen MR) is 33.1 cm³/mol. The lowest BCUT2D eigenvalue weighted by Crippen LogP contribution is -1.75. The zero-order valence-corrected chi connectivity index (χ0v) is 4.91. The molecule has 0 unspecified atom stereocenters. The first-order chi connectivity index (χ1) is 5.76. The minimum Gasteiger partial charge on any atom is -0.356 e. The molecule has 0 saturated carbocycles. The average molecular weight is 166 g/mol. The van der Waals surface area contributed by atoms with E-state index < -0.39 is 13.1 Å². The van der Waals surface area contributed by atoms with Gasteiger partial charge in [-0.15, -0.1) is 0 Å². The molecule has 0 fully saturated rings. The first kappa shape index (κ1) is 1.38. The van der Waals surface area contributed by atoms with Crippen molar-refractivity contribution in [2.45, 2.75) is 0 Å². The smallest absolute Gasteiger partial charge is 0.0830 e. The summed E-state index contributed by atoms with van der Waals surface area (Å²) in [5.41, 5.74) is 0. The average Bonchev–Trinajstić information content (AvgIpc) is 2.14. The molecule has 1 rings (SSSR count). The van der Waals surface area contributed by atoms with Crippen molar-refractivity contribution in [3.63, 3.8) is 0 Å². The van der Waals surface area contributed by atoms with Crippen LogP contribution in [0, 0.1) is 0 Å². The second kappa shape index (κ2) is 1.70. The maximum absolute atomic E-state index is 7.33. The van der Waals surface area contributed by atoms with Crippen molar-refractivity contribution >= 4 is 15.9 Å². The number of aromatic nitrogens is 1. The summed E-state index contributed by atoms with van der Waals surface area (Å²) in [6.45, 7) is -2.57. The summed E-state index contributed by atoms with van der Waals surface area (Å²) in [5, 5.41) is 0. The first-order valence-electron chi connectivity index (χ1n) is 4.61. The Bertz CT molecular complexity index is 314. The van der Waals surface area contributed by atoms with Crippen molar-refractivity contribution in [2.75, 3.05) is 0 Å². The molecule has 0 saturated heterocycles. The molecule has 2 heteroatoms. The van der Waals surface area contributed by atoms with Gasteiger partial charge in [-0.2, -0.15) is 0 Å². The van der Waals surface area contributed by atoms with Crippen LogP contribution in [0.3, 0.4) is 0 Å². The zero-order valence-electron chi connectivity index (χ0n) is 9.33. The van der Waals surface area contributed by atoms with Gasteiger partial charge in [0.25, 0.3) is 0 Å². The van der Waals surface area contributed by atoms with Crippen molar-refractivity contribution in [3.8, 4) is 0 Å². The highest BCUT2D eigenvalue weighted by Gasteiger charge is 1.82. The fourth-order valence-electron chi connectivity index (χ4n) is 0.259. The van der Waals surface area contributed by atoms with Crippen LogP contribution < -0.4 is 0 Å². The molecule has 0 amide bonds. The summed E-state index contributed by atoms with van der Waals surface area (Å²) < 4.78 is 43.5. The van der Waals surface area contributed by atoms with E-state index in [1.165, 1.54) is 0 Å². The van der Waals surface area contributed by atoms with Gasteiger partial charge >= 0.3 is 0 Å². The molecule has 0 aromatic carbocycles. The van der Waals surface area contributed by atoms with Crippen LogP contribution in [0.25, 0.3) is 0 Å². The second-order valence-corrected chi connectivity index (χ2v) is 1.79. The summed E-state index contributed by atoms with van der Waals surface area (Å²) in [4.78, 5) is 0. The SMILES string of the molecule is [2H]c1c(Br)c([2H])n(C([2H])([2H])[2H])c1[2H]. The number of nitrogens with zero attached hydrogens (tertiary/aromatic N) is 1. The van der Waals surface area contributed by atoms with E-state index >= 15 is 0 Å². The second-order valence-electron chi connectivity index (χ2n) is 0.998. The van der Waals surface area contributed by atoms with E-state index in [0.717, 1.165) is 0 Å². The zero-order chi connectivity index (χ0) is 10.4. The van der Waals surface area contributed by atoms with Gasteiger partial charge in [0.1, 0.15) is 0 Å². The maximum atomic E-state index is 7.33. The summed E-state index contributed by atoms with van der Waals surface area (Å²) in [6, 6.07) is -0.277. The Morgan fingerprint density at radius 2 is 3.00 bits per heavy atom. The van der Waals surface area contributed by atoms with Gasteiger partial charge in [-0.1, -0.05) is 0 Å². The molecule has 0 aliphatic carbocycles. The Hall–Kier alpha value is -0.240. The molecule has 1 nitrogen and oxygen atoms in total. The van der Waals surface area contributed by atoms with Crippen LogP contribution in [0.15, 0.2) is 22.9 Å². The van der Waals surface area contributed by atoms with Gasteiger partial charge in [0, 0.05) is 27.9 Å². The van der Waals surface area contributed by atoms with Gasteiger partial charge in [0.05, 0.1) is 4.11 Å². The van der Waals surface area contributed by atoms with Crippen LogP contribution in [-0.4, -0.2) is 4.57 Å². The molecule has 1 heterocycles. The lowest BCUT2D eigenvalue weighted by Gasteiger charge is -1.80. The Morgan fingerprint density at radius 3 is 3.29 bits per heavy atom. The molecule has 1 aromatic heterocycles. The Labute approximate surface area is 59.5 Å². The summed E-state index contributed by atoms with van der Waals surface area (Å²) in [5.74, 6) is 0. The molecule has 1 aromatic rings. The fourth-order valence-corrected chi connectivity index (χ4v) is 0.525. The molecule has 0 bridgehead atoms. The molecule has 0 radical (unpaired) electrons. The summed E-state index contributed by atoms with van der Waals surface area (Å²) in [7, 11) is 0. The molecule has 7 heavy (non-hydrogen) atoms. The van der Waals surface area contributed by atoms with E-state index in [9.17, 15) is 0 Å². The lowest BCUT2D eigenvalue weighted by atomic mass is 10.7. The van der Waals surface area contributed by atoms with E-state index in [-0.39, 0.29) is 16.7 Å². The third-order valence-corrected chi connectivity index (χ3v) is 0.863. The Kier molecular flexibility index (Phi) is 0.335. The van der Waals surface area contributed by atoms with Gasteiger partial charge in [-0.3, -0.25) is 0 Å². The standard InChI is InChI=1S/C5H6BrN/c1-7-3-2-5(6)4-7/h2-4H,1H3/i1D3,2D,3D,4D. The predicted octanol–water partition coefficient (Wildman–Crippen LogP) is 1.79. The third kappa shape index (κ3) is 1.06. The number of halogens is 1. The molecule has 0 spiro atoms. The largest absolute Gasteiger partial charge is 0.356 e. The van der Waals surface area contributed by atoms with Gasteiger partial charge in [0.2, 0.25) is 0 Å². The topological polar surface area (TPSA) is 4.93 Å². The van der Waals surface area contributed by atoms with Crippen LogP contribution in [-0.2, 0) is 6.98 Å². The highest BCUT2D eigenvalue weighted by atomic mass is 79.9. The number of hydrogen-bond donors (Lipinski definition) is 0. The summed E-state index contributed by atoms with van der Waals surface area (Å²) in [6.07, 6.45) is -0.841. The van der Waals surface area contributed by atoms with E-state index in [4.69, 9.17) is 8.22 Å². The Morgan fingerprint density at radius 1 is 2.14 bits per heavy atom. The molecule has 38 valence electrons. The van der Waals surface area contributed by atoms with Crippen molar-refractivity contribution < 1.29 is 8.22 Å². The van der Waals surface area contributed by atoms with Crippen molar-refractivity contribution in [3.05, 3.63) is 22.9 Å². The highest BCUT2D eigenvalue weighted by Crippen LogP contribution is 2.06. The fraction of sp³-hybridized carbons (Fsp3) is 0.200. The highest BCUT2D eigenvalue weighted by molar-refractivity contribution is 9.10. The molecule has 0 aliphatic heterocycles. The maximum Gasteiger partial charge on any atom is 0.0830 e. The van der Waals surface area contributed by atoms with E-state index in [1.807, 2.05) is 0 Å². The summed E-state index contributed by atoms with van der Waals surface area (Å²) >= 11 is 2.88. The van der Waals surface area contributed by atoms with E-state index in [0.29, 0.717) is 4.57 Å². The molecular formula is C5H6BrN. The van der Waals surface area contributed by atoms with Crippen LogP contribution in [0.5, 0.6) is 0 Å². The van der Waals surface area contributed by atoms with E-state index in [1.54, 1.807) is 0 Å². The molecule has 0 N–H and O–H groups in total. The number of hydrogen-bond acceptors (Lipinski definition) is 0. The van der Waals surface area contributed by atoms with Gasteiger partial charge in [-0.25, -0.2) is 0 Å². The van der Waals surface area contributed by atoms with Gasteiger partial charge in [0.15, 0.2) is 0 Å². The lowest BCUT2D eigenvalue weighted by molar-refractivity contribution is 0.926. The third-order valence-electron chi connectivity index (χ3n) is 0.487. The van der Waals surface area contributed by atoms with Crippen molar-refractivity contribution in [2.24, 2.45) is 6.98 Å². The quantitative estimate of drug-likeness (QED) is 0.553.